The second-order valence-corrected chi connectivity index (χ2v) is 5.23. The maximum Gasteiger partial charge on any atom is 0.422 e. The maximum atomic E-state index is 12.1. The van der Waals surface area contributed by atoms with E-state index in [0.29, 0.717) is 11.9 Å². The van der Waals surface area contributed by atoms with Crippen LogP contribution in [0.3, 0.4) is 0 Å². The molecule has 1 aromatic rings. The first kappa shape index (κ1) is 14.0. The van der Waals surface area contributed by atoms with Gasteiger partial charge in [-0.3, -0.25) is 0 Å². The van der Waals surface area contributed by atoms with E-state index in [4.69, 9.17) is 0 Å². The Labute approximate surface area is 119 Å². The largest absolute Gasteiger partial charge is 0.451 e. The first-order valence-corrected chi connectivity index (χ1v) is 6.58. The number of hydrogen-bond acceptors (Lipinski definition) is 5. The van der Waals surface area contributed by atoms with Gasteiger partial charge < -0.3 is 14.5 Å². The van der Waals surface area contributed by atoms with Crippen LogP contribution in [0.5, 0.6) is 0 Å². The van der Waals surface area contributed by atoms with E-state index in [9.17, 15) is 18.0 Å². The molecule has 5 nitrogen and oxygen atoms in total. The molecule has 0 saturated carbocycles. The number of pyridine rings is 1. The molecule has 1 saturated heterocycles. The zero-order valence-electron chi connectivity index (χ0n) is 11.4. The van der Waals surface area contributed by atoms with Gasteiger partial charge >= 0.3 is 12.1 Å². The van der Waals surface area contributed by atoms with Crippen LogP contribution in [0, 0.1) is 0 Å². The van der Waals surface area contributed by atoms with Crippen LogP contribution in [0.4, 0.5) is 24.7 Å². The molecule has 114 valence electrons. The van der Waals surface area contributed by atoms with E-state index in [1.165, 1.54) is 6.07 Å². The standard InChI is InChI=1S/C13H14F3N3O2/c1-18-8-4-5-19(6-8)10-3-2-9(17-11(10)18)12(20)21-7-13(14,15)16/h2-3,8H,4-7H2,1H3. The van der Waals surface area contributed by atoms with Crippen LogP contribution in [0.2, 0.25) is 0 Å². The van der Waals surface area contributed by atoms with Crippen LogP contribution in [0.25, 0.3) is 0 Å². The van der Waals surface area contributed by atoms with Crippen LogP contribution in [-0.4, -0.2) is 49.9 Å². The number of anilines is 2. The van der Waals surface area contributed by atoms with Gasteiger partial charge in [0.05, 0.1) is 5.69 Å². The molecule has 2 aliphatic rings. The third-order valence-electron chi connectivity index (χ3n) is 3.82. The molecule has 0 N–H and O–H groups in total. The number of hydrogen-bond donors (Lipinski definition) is 0. The van der Waals surface area contributed by atoms with Crippen molar-refractivity contribution in [2.75, 3.05) is 36.5 Å². The molecule has 2 aliphatic heterocycles. The van der Waals surface area contributed by atoms with Gasteiger partial charge in [-0.15, -0.1) is 0 Å². The molecule has 0 spiro atoms. The molecule has 3 heterocycles. The predicted octanol–water partition coefficient (Wildman–Crippen LogP) is 1.83. The minimum Gasteiger partial charge on any atom is -0.451 e. The SMILES string of the molecule is CN1c2nc(C(=O)OCC(F)(F)F)ccc2N2CCC1C2. The summed E-state index contributed by atoms with van der Waals surface area (Å²) in [4.78, 5) is 20.0. The average molecular weight is 301 g/mol. The summed E-state index contributed by atoms with van der Waals surface area (Å²) in [5.74, 6) is -0.443. The number of likely N-dealkylation sites (N-methyl/N-ethyl adjacent to an activating group) is 1. The number of halogens is 3. The number of fused-ring (bicyclic) bond motifs is 4. The van der Waals surface area contributed by atoms with Gasteiger partial charge in [0.25, 0.3) is 0 Å². The number of carbonyl (C=O) groups excluding carboxylic acids is 1. The summed E-state index contributed by atoms with van der Waals surface area (Å²) in [5, 5.41) is 0. The molecular formula is C13H14F3N3O2. The van der Waals surface area contributed by atoms with Crippen LogP contribution in [0.1, 0.15) is 16.9 Å². The van der Waals surface area contributed by atoms with Gasteiger partial charge in [-0.2, -0.15) is 13.2 Å². The Morgan fingerprint density at radius 1 is 1.48 bits per heavy atom. The summed E-state index contributed by atoms with van der Waals surface area (Å²) in [6.07, 6.45) is -3.54. The number of carbonyl (C=O) groups is 1. The summed E-state index contributed by atoms with van der Waals surface area (Å²) >= 11 is 0. The molecule has 3 rings (SSSR count). The molecule has 0 amide bonds. The van der Waals surface area contributed by atoms with Gasteiger partial charge in [-0.1, -0.05) is 0 Å². The van der Waals surface area contributed by atoms with Crippen molar-refractivity contribution < 1.29 is 22.7 Å². The molecule has 1 atom stereocenters. The molecule has 0 aromatic carbocycles. The van der Waals surface area contributed by atoms with Gasteiger partial charge in [-0.25, -0.2) is 9.78 Å². The lowest BCUT2D eigenvalue weighted by atomic mass is 10.2. The van der Waals surface area contributed by atoms with E-state index in [1.807, 2.05) is 11.9 Å². The van der Waals surface area contributed by atoms with Crippen molar-refractivity contribution >= 4 is 17.5 Å². The van der Waals surface area contributed by atoms with Crippen molar-refractivity contribution in [3.63, 3.8) is 0 Å². The van der Waals surface area contributed by atoms with Gasteiger partial charge in [0, 0.05) is 26.2 Å². The quantitative estimate of drug-likeness (QED) is 0.780. The van der Waals surface area contributed by atoms with Gasteiger partial charge in [0.2, 0.25) is 0 Å². The Bertz CT molecular complexity index is 576. The maximum absolute atomic E-state index is 12.1. The first-order chi connectivity index (χ1) is 9.85. The van der Waals surface area contributed by atoms with Crippen LogP contribution in [0.15, 0.2) is 12.1 Å². The van der Waals surface area contributed by atoms with Crippen molar-refractivity contribution in [3.8, 4) is 0 Å². The molecule has 0 aliphatic carbocycles. The lowest BCUT2D eigenvalue weighted by Gasteiger charge is -2.34. The number of aromatic nitrogens is 1. The third-order valence-corrected chi connectivity index (χ3v) is 3.82. The fraction of sp³-hybridized carbons (Fsp3) is 0.538. The molecule has 2 bridgehead atoms. The van der Waals surface area contributed by atoms with Crippen molar-refractivity contribution in [1.82, 2.24) is 4.98 Å². The summed E-state index contributed by atoms with van der Waals surface area (Å²) in [5.41, 5.74) is 0.797. The predicted molar refractivity (Wildman–Crippen MR) is 69.6 cm³/mol. The normalized spacial score (nSPS) is 20.5. The Balaban J connectivity index is 1.82. The Morgan fingerprint density at radius 2 is 2.24 bits per heavy atom. The van der Waals surface area contributed by atoms with Gasteiger partial charge in [0.15, 0.2) is 18.1 Å². The molecule has 0 radical (unpaired) electrons. The van der Waals surface area contributed by atoms with Crippen molar-refractivity contribution in [2.24, 2.45) is 0 Å². The lowest BCUT2D eigenvalue weighted by Crippen LogP contribution is -2.40. The highest BCUT2D eigenvalue weighted by atomic mass is 19.4. The van der Waals surface area contributed by atoms with E-state index in [2.05, 4.69) is 14.6 Å². The molecule has 8 heteroatoms. The Morgan fingerprint density at radius 3 is 2.95 bits per heavy atom. The number of ether oxygens (including phenoxy) is 1. The molecule has 1 aromatic heterocycles. The number of alkyl halides is 3. The van der Waals surface area contributed by atoms with Gasteiger partial charge in [-0.05, 0) is 18.6 Å². The highest BCUT2D eigenvalue weighted by Crippen LogP contribution is 2.37. The first-order valence-electron chi connectivity index (χ1n) is 6.58. The van der Waals surface area contributed by atoms with E-state index in [1.54, 1.807) is 6.07 Å². The van der Waals surface area contributed by atoms with Crippen LogP contribution in [-0.2, 0) is 4.74 Å². The van der Waals surface area contributed by atoms with Crippen LogP contribution < -0.4 is 9.80 Å². The molecule has 1 unspecified atom stereocenters. The molecule has 1 fully saturated rings. The molecular weight excluding hydrogens is 287 g/mol. The fourth-order valence-corrected chi connectivity index (χ4v) is 2.73. The zero-order valence-corrected chi connectivity index (χ0v) is 11.4. The second-order valence-electron chi connectivity index (χ2n) is 5.23. The highest BCUT2D eigenvalue weighted by molar-refractivity contribution is 5.89. The second kappa shape index (κ2) is 4.78. The van der Waals surface area contributed by atoms with Crippen LogP contribution >= 0.6 is 0 Å². The highest BCUT2D eigenvalue weighted by Gasteiger charge is 2.35. The topological polar surface area (TPSA) is 45.7 Å². The lowest BCUT2D eigenvalue weighted by molar-refractivity contribution is -0.161. The summed E-state index contributed by atoms with van der Waals surface area (Å²) < 4.78 is 40.4. The van der Waals surface area contributed by atoms with Crippen molar-refractivity contribution in [2.45, 2.75) is 18.6 Å². The average Bonchev–Trinajstić information content (AvgIpc) is 2.87. The zero-order chi connectivity index (χ0) is 15.2. The van der Waals surface area contributed by atoms with Gasteiger partial charge in [0.1, 0.15) is 0 Å². The minimum atomic E-state index is -4.54. The summed E-state index contributed by atoms with van der Waals surface area (Å²) in [6.45, 7) is 0.222. The monoisotopic (exact) mass is 301 g/mol. The van der Waals surface area contributed by atoms with Crippen molar-refractivity contribution in [1.29, 1.82) is 0 Å². The fourth-order valence-electron chi connectivity index (χ4n) is 2.73. The van der Waals surface area contributed by atoms with E-state index < -0.39 is 18.8 Å². The summed E-state index contributed by atoms with van der Waals surface area (Å²) in [7, 11) is 1.88. The van der Waals surface area contributed by atoms with E-state index >= 15 is 0 Å². The third kappa shape index (κ3) is 2.62. The Kier molecular flexibility index (Phi) is 3.18. The number of rotatable bonds is 2. The molecule has 21 heavy (non-hydrogen) atoms. The van der Waals surface area contributed by atoms with E-state index in [-0.39, 0.29) is 5.69 Å². The smallest absolute Gasteiger partial charge is 0.422 e. The van der Waals surface area contributed by atoms with E-state index in [0.717, 1.165) is 25.2 Å². The number of nitrogens with zero attached hydrogens (tertiary/aromatic N) is 3. The minimum absolute atomic E-state index is 0.104. The number of esters is 1. The summed E-state index contributed by atoms with van der Waals surface area (Å²) in [6, 6.07) is 3.45. The van der Waals surface area contributed by atoms with Crippen molar-refractivity contribution in [3.05, 3.63) is 17.8 Å². The Hall–Kier alpha value is -1.99.